The van der Waals surface area contributed by atoms with Crippen LogP contribution in [-0.2, 0) is 9.59 Å². The SMILES string of the molecule is CCC(=N[C@@H](C)c1ccccc1)C1C(=O)N(C)C(=O)N(C)C1=O. The third-order valence-electron chi connectivity index (χ3n) is 4.07. The molecule has 0 spiro atoms. The van der Waals surface area contributed by atoms with Gasteiger partial charge in [-0.05, 0) is 18.9 Å². The zero-order valence-corrected chi connectivity index (χ0v) is 13.8. The number of benzene rings is 1. The Labute approximate surface area is 135 Å². The van der Waals surface area contributed by atoms with E-state index in [2.05, 4.69) is 4.99 Å². The molecule has 122 valence electrons. The minimum atomic E-state index is -1.01. The van der Waals surface area contributed by atoms with Crippen molar-refractivity contribution in [2.24, 2.45) is 10.9 Å². The molecule has 1 aliphatic rings. The molecule has 1 atom stereocenters. The van der Waals surface area contributed by atoms with Gasteiger partial charge in [0.05, 0.1) is 6.04 Å². The minimum absolute atomic E-state index is 0.167. The number of aliphatic imine (C=N–C) groups is 1. The molecule has 6 nitrogen and oxygen atoms in total. The molecule has 0 aliphatic carbocycles. The molecule has 23 heavy (non-hydrogen) atoms. The molecule has 6 heteroatoms. The van der Waals surface area contributed by atoms with E-state index in [1.54, 1.807) is 0 Å². The summed E-state index contributed by atoms with van der Waals surface area (Å²) in [5.41, 5.74) is 1.51. The normalized spacial score (nSPS) is 18.6. The molecule has 0 bridgehead atoms. The fraction of sp³-hybridized carbons (Fsp3) is 0.412. The van der Waals surface area contributed by atoms with Crippen molar-refractivity contribution in [3.8, 4) is 0 Å². The number of imide groups is 2. The molecule has 1 heterocycles. The number of carbonyl (C=O) groups excluding carboxylic acids is 3. The third-order valence-corrected chi connectivity index (χ3v) is 4.07. The largest absolute Gasteiger partial charge is 0.332 e. The number of carbonyl (C=O) groups is 3. The summed E-state index contributed by atoms with van der Waals surface area (Å²) in [7, 11) is 2.77. The Balaban J connectivity index is 2.36. The third kappa shape index (κ3) is 3.16. The molecule has 1 saturated heterocycles. The zero-order chi connectivity index (χ0) is 17.1. The zero-order valence-electron chi connectivity index (χ0n) is 13.8. The van der Waals surface area contributed by atoms with Crippen LogP contribution in [-0.4, -0.2) is 47.5 Å². The van der Waals surface area contributed by atoms with E-state index in [0.29, 0.717) is 12.1 Å². The van der Waals surface area contributed by atoms with Crippen molar-refractivity contribution in [2.75, 3.05) is 14.1 Å². The molecule has 0 radical (unpaired) electrons. The molecule has 0 N–H and O–H groups in total. The van der Waals surface area contributed by atoms with Crippen molar-refractivity contribution in [3.05, 3.63) is 35.9 Å². The topological polar surface area (TPSA) is 70.1 Å². The first-order valence-corrected chi connectivity index (χ1v) is 7.59. The first-order chi connectivity index (χ1) is 10.9. The monoisotopic (exact) mass is 315 g/mol. The highest BCUT2D eigenvalue weighted by molar-refractivity contribution is 6.27. The van der Waals surface area contributed by atoms with Gasteiger partial charge in [-0.2, -0.15) is 0 Å². The quantitative estimate of drug-likeness (QED) is 0.632. The highest BCUT2D eigenvalue weighted by Crippen LogP contribution is 2.23. The summed E-state index contributed by atoms with van der Waals surface area (Å²) in [6, 6.07) is 8.89. The van der Waals surface area contributed by atoms with E-state index in [-0.39, 0.29) is 6.04 Å². The smallest absolute Gasteiger partial charge is 0.285 e. The number of amides is 4. The van der Waals surface area contributed by atoms with Crippen molar-refractivity contribution in [3.63, 3.8) is 0 Å². The van der Waals surface area contributed by atoms with Crippen LogP contribution < -0.4 is 0 Å². The van der Waals surface area contributed by atoms with Gasteiger partial charge in [0.15, 0.2) is 5.92 Å². The number of barbiturate groups is 1. The van der Waals surface area contributed by atoms with E-state index in [1.165, 1.54) is 14.1 Å². The minimum Gasteiger partial charge on any atom is -0.285 e. The van der Waals surface area contributed by atoms with Crippen LogP contribution in [0.1, 0.15) is 31.9 Å². The molecular weight excluding hydrogens is 294 g/mol. The van der Waals surface area contributed by atoms with E-state index in [0.717, 1.165) is 15.4 Å². The van der Waals surface area contributed by atoms with Crippen LogP contribution >= 0.6 is 0 Å². The molecule has 1 aliphatic heterocycles. The Kier molecular flexibility index (Phi) is 4.93. The predicted molar refractivity (Wildman–Crippen MR) is 87.0 cm³/mol. The Morgan fingerprint density at radius 3 is 2.09 bits per heavy atom. The lowest BCUT2D eigenvalue weighted by Gasteiger charge is -2.33. The van der Waals surface area contributed by atoms with E-state index in [9.17, 15) is 14.4 Å². The van der Waals surface area contributed by atoms with Crippen molar-refractivity contribution in [2.45, 2.75) is 26.3 Å². The highest BCUT2D eigenvalue weighted by atomic mass is 16.2. The maximum absolute atomic E-state index is 12.4. The number of rotatable bonds is 4. The fourth-order valence-electron chi connectivity index (χ4n) is 2.62. The van der Waals surface area contributed by atoms with Gasteiger partial charge in [-0.3, -0.25) is 24.4 Å². The van der Waals surface area contributed by atoms with Crippen LogP contribution in [0.3, 0.4) is 0 Å². The maximum atomic E-state index is 12.4. The molecule has 1 fully saturated rings. The second kappa shape index (κ2) is 6.73. The molecule has 4 amide bonds. The Morgan fingerprint density at radius 1 is 1.09 bits per heavy atom. The first-order valence-electron chi connectivity index (χ1n) is 7.59. The predicted octanol–water partition coefficient (Wildman–Crippen LogP) is 2.27. The molecule has 0 aromatic heterocycles. The summed E-state index contributed by atoms with van der Waals surface area (Å²) >= 11 is 0. The fourth-order valence-corrected chi connectivity index (χ4v) is 2.62. The second-order valence-corrected chi connectivity index (χ2v) is 5.57. The van der Waals surface area contributed by atoms with E-state index >= 15 is 0 Å². The summed E-state index contributed by atoms with van der Waals surface area (Å²) in [5.74, 6) is -2.04. The molecular formula is C17H21N3O3. The van der Waals surface area contributed by atoms with Gasteiger partial charge in [-0.1, -0.05) is 37.3 Å². The van der Waals surface area contributed by atoms with Gasteiger partial charge in [0.25, 0.3) is 0 Å². The second-order valence-electron chi connectivity index (χ2n) is 5.57. The van der Waals surface area contributed by atoms with E-state index in [1.807, 2.05) is 44.2 Å². The average molecular weight is 315 g/mol. The average Bonchev–Trinajstić information content (AvgIpc) is 2.58. The number of urea groups is 1. The lowest BCUT2D eigenvalue weighted by Crippen LogP contribution is -2.58. The van der Waals surface area contributed by atoms with Gasteiger partial charge in [0.2, 0.25) is 11.8 Å². The van der Waals surface area contributed by atoms with E-state index < -0.39 is 23.8 Å². The van der Waals surface area contributed by atoms with Crippen LogP contribution in [0.15, 0.2) is 35.3 Å². The molecule has 1 aromatic carbocycles. The van der Waals surface area contributed by atoms with Gasteiger partial charge in [0.1, 0.15) is 0 Å². The van der Waals surface area contributed by atoms with Gasteiger partial charge >= 0.3 is 6.03 Å². The van der Waals surface area contributed by atoms with Crippen LogP contribution in [0.25, 0.3) is 0 Å². The number of nitrogens with zero attached hydrogens (tertiary/aromatic N) is 3. The summed E-state index contributed by atoms with van der Waals surface area (Å²) in [6.07, 6.45) is 0.467. The highest BCUT2D eigenvalue weighted by Gasteiger charge is 2.44. The number of hydrogen-bond acceptors (Lipinski definition) is 4. The standard InChI is InChI=1S/C17H21N3O3/c1-5-13(18-11(2)12-9-7-6-8-10-12)14-15(21)19(3)17(23)20(4)16(14)22/h6-11,14H,5H2,1-4H3/t11-/m0/s1. The van der Waals surface area contributed by atoms with Crippen molar-refractivity contribution in [1.82, 2.24) is 9.80 Å². The van der Waals surface area contributed by atoms with Crippen LogP contribution in [0, 0.1) is 5.92 Å². The summed E-state index contributed by atoms with van der Waals surface area (Å²) in [6.45, 7) is 3.77. The van der Waals surface area contributed by atoms with Gasteiger partial charge in [-0.15, -0.1) is 0 Å². The molecule has 0 saturated carbocycles. The van der Waals surface area contributed by atoms with Crippen molar-refractivity contribution >= 4 is 23.6 Å². The molecule has 1 aromatic rings. The summed E-state index contributed by atoms with van der Waals surface area (Å²) in [4.78, 5) is 43.1. The van der Waals surface area contributed by atoms with Crippen LogP contribution in [0.5, 0.6) is 0 Å². The van der Waals surface area contributed by atoms with E-state index in [4.69, 9.17) is 0 Å². The van der Waals surface area contributed by atoms with Gasteiger partial charge in [0, 0.05) is 19.8 Å². The Morgan fingerprint density at radius 2 is 1.61 bits per heavy atom. The Hall–Kier alpha value is -2.50. The Bertz CT molecular complexity index is 630. The van der Waals surface area contributed by atoms with Gasteiger partial charge < -0.3 is 0 Å². The van der Waals surface area contributed by atoms with Crippen molar-refractivity contribution in [1.29, 1.82) is 0 Å². The summed E-state index contributed by atoms with van der Waals surface area (Å²) in [5, 5.41) is 0. The lowest BCUT2D eigenvalue weighted by atomic mass is 9.95. The van der Waals surface area contributed by atoms with Gasteiger partial charge in [-0.25, -0.2) is 4.79 Å². The molecule has 0 unspecified atom stereocenters. The molecule has 2 rings (SSSR count). The van der Waals surface area contributed by atoms with Crippen LogP contribution in [0.2, 0.25) is 0 Å². The van der Waals surface area contributed by atoms with Crippen LogP contribution in [0.4, 0.5) is 4.79 Å². The lowest BCUT2D eigenvalue weighted by molar-refractivity contribution is -0.144. The maximum Gasteiger partial charge on any atom is 0.332 e. The summed E-state index contributed by atoms with van der Waals surface area (Å²) < 4.78 is 0. The van der Waals surface area contributed by atoms with Crippen molar-refractivity contribution < 1.29 is 14.4 Å². The number of hydrogen-bond donors (Lipinski definition) is 0. The first kappa shape index (κ1) is 16.9.